The van der Waals surface area contributed by atoms with Crippen LogP contribution in [0.5, 0.6) is 0 Å². The molecule has 0 saturated carbocycles. The fourth-order valence-electron chi connectivity index (χ4n) is 3.63. The molecule has 6 nitrogen and oxygen atoms in total. The SMILES string of the molecule is C[C@H](NC(N)=O)C(=O)N1CCN(C(c2ccccc2)c2ccccc2)CC1. The largest absolute Gasteiger partial charge is 0.352 e. The molecule has 2 aromatic rings. The Morgan fingerprint density at radius 2 is 1.37 bits per heavy atom. The van der Waals surface area contributed by atoms with Crippen molar-refractivity contribution in [2.45, 2.75) is 19.0 Å². The standard InChI is InChI=1S/C21H26N4O2/c1-16(23-21(22)27)20(26)25-14-12-24(13-15-25)19(17-8-4-2-5-9-17)18-10-6-3-7-11-18/h2-11,16,19H,12-15H2,1H3,(H3,22,23,27)/t16-/m0/s1. The molecule has 0 bridgehead atoms. The maximum Gasteiger partial charge on any atom is 0.312 e. The van der Waals surface area contributed by atoms with Crippen LogP contribution in [0.4, 0.5) is 4.79 Å². The smallest absolute Gasteiger partial charge is 0.312 e. The molecule has 1 fully saturated rings. The number of nitrogens with zero attached hydrogens (tertiary/aromatic N) is 2. The van der Waals surface area contributed by atoms with E-state index >= 15 is 0 Å². The van der Waals surface area contributed by atoms with Gasteiger partial charge in [-0.25, -0.2) is 4.79 Å². The lowest BCUT2D eigenvalue weighted by molar-refractivity contribution is -0.134. The van der Waals surface area contributed by atoms with Crippen LogP contribution in [0.15, 0.2) is 60.7 Å². The first kappa shape index (κ1) is 18.9. The van der Waals surface area contributed by atoms with Crippen molar-refractivity contribution in [1.82, 2.24) is 15.1 Å². The molecule has 0 unspecified atom stereocenters. The number of primary amides is 1. The zero-order valence-electron chi connectivity index (χ0n) is 15.5. The van der Waals surface area contributed by atoms with Crippen LogP contribution in [0.1, 0.15) is 24.1 Å². The van der Waals surface area contributed by atoms with Gasteiger partial charge in [0.25, 0.3) is 0 Å². The highest BCUT2D eigenvalue weighted by molar-refractivity contribution is 5.86. The van der Waals surface area contributed by atoms with Crippen LogP contribution in [0.3, 0.4) is 0 Å². The summed E-state index contributed by atoms with van der Waals surface area (Å²) < 4.78 is 0. The predicted octanol–water partition coefficient (Wildman–Crippen LogP) is 1.98. The van der Waals surface area contributed by atoms with Crippen LogP contribution < -0.4 is 11.1 Å². The molecule has 0 spiro atoms. The topological polar surface area (TPSA) is 78.7 Å². The molecule has 142 valence electrons. The van der Waals surface area contributed by atoms with Gasteiger partial charge in [-0.05, 0) is 18.1 Å². The summed E-state index contributed by atoms with van der Waals surface area (Å²) in [5, 5.41) is 2.46. The van der Waals surface area contributed by atoms with Gasteiger partial charge in [-0.3, -0.25) is 9.69 Å². The van der Waals surface area contributed by atoms with Crippen molar-refractivity contribution >= 4 is 11.9 Å². The van der Waals surface area contributed by atoms with E-state index in [1.54, 1.807) is 11.8 Å². The van der Waals surface area contributed by atoms with Crippen molar-refractivity contribution in [3.05, 3.63) is 71.8 Å². The van der Waals surface area contributed by atoms with Crippen molar-refractivity contribution in [1.29, 1.82) is 0 Å². The summed E-state index contributed by atoms with van der Waals surface area (Å²) in [6.07, 6.45) is 0. The van der Waals surface area contributed by atoms with Gasteiger partial charge in [-0.2, -0.15) is 0 Å². The Balaban J connectivity index is 1.72. The lowest BCUT2D eigenvalue weighted by Gasteiger charge is -2.40. The van der Waals surface area contributed by atoms with Gasteiger partial charge in [-0.1, -0.05) is 60.7 Å². The van der Waals surface area contributed by atoms with Gasteiger partial charge in [0.2, 0.25) is 5.91 Å². The first-order chi connectivity index (χ1) is 13.1. The first-order valence-electron chi connectivity index (χ1n) is 9.25. The molecule has 3 N–H and O–H groups in total. The highest BCUT2D eigenvalue weighted by atomic mass is 16.2. The predicted molar refractivity (Wildman–Crippen MR) is 105 cm³/mol. The quantitative estimate of drug-likeness (QED) is 0.849. The molecule has 3 rings (SSSR count). The summed E-state index contributed by atoms with van der Waals surface area (Å²) in [6.45, 7) is 4.45. The molecular weight excluding hydrogens is 340 g/mol. The highest BCUT2D eigenvalue weighted by Gasteiger charge is 2.29. The monoisotopic (exact) mass is 366 g/mol. The molecule has 2 aromatic carbocycles. The van der Waals surface area contributed by atoms with Gasteiger partial charge in [0, 0.05) is 26.2 Å². The molecule has 0 aromatic heterocycles. The number of hydrogen-bond donors (Lipinski definition) is 2. The van der Waals surface area contributed by atoms with Crippen LogP contribution in [0.2, 0.25) is 0 Å². The minimum absolute atomic E-state index is 0.0931. The maximum absolute atomic E-state index is 12.5. The molecule has 6 heteroatoms. The van der Waals surface area contributed by atoms with Crippen molar-refractivity contribution in [3.8, 4) is 0 Å². The summed E-state index contributed by atoms with van der Waals surface area (Å²) in [4.78, 5) is 27.7. The van der Waals surface area contributed by atoms with Gasteiger partial charge < -0.3 is 16.0 Å². The van der Waals surface area contributed by atoms with E-state index in [2.05, 4.69) is 58.7 Å². The number of carbonyl (C=O) groups excluding carboxylic acids is 2. The highest BCUT2D eigenvalue weighted by Crippen LogP contribution is 2.29. The van der Waals surface area contributed by atoms with E-state index in [1.165, 1.54) is 11.1 Å². The molecule has 1 saturated heterocycles. The number of amides is 3. The van der Waals surface area contributed by atoms with E-state index in [0.717, 1.165) is 13.1 Å². The van der Waals surface area contributed by atoms with E-state index in [9.17, 15) is 9.59 Å². The minimum Gasteiger partial charge on any atom is -0.352 e. The first-order valence-corrected chi connectivity index (χ1v) is 9.25. The average molecular weight is 366 g/mol. The number of piperazine rings is 1. The molecule has 1 aliphatic heterocycles. The molecule has 27 heavy (non-hydrogen) atoms. The fourth-order valence-corrected chi connectivity index (χ4v) is 3.63. The average Bonchev–Trinajstić information content (AvgIpc) is 2.69. The second kappa shape index (κ2) is 8.68. The Kier molecular flexibility index (Phi) is 6.08. The minimum atomic E-state index is -0.678. The number of carbonyl (C=O) groups is 2. The molecule has 0 aliphatic carbocycles. The van der Waals surface area contributed by atoms with Crippen LogP contribution in [0, 0.1) is 0 Å². The van der Waals surface area contributed by atoms with Gasteiger partial charge in [0.05, 0.1) is 6.04 Å². The van der Waals surface area contributed by atoms with Gasteiger partial charge in [0.1, 0.15) is 6.04 Å². The van der Waals surface area contributed by atoms with Crippen LogP contribution >= 0.6 is 0 Å². The second-order valence-corrected chi connectivity index (χ2v) is 6.82. The van der Waals surface area contributed by atoms with E-state index < -0.39 is 12.1 Å². The molecule has 1 atom stereocenters. The van der Waals surface area contributed by atoms with Crippen LogP contribution in [0.25, 0.3) is 0 Å². The number of urea groups is 1. The number of hydrogen-bond acceptors (Lipinski definition) is 3. The van der Waals surface area contributed by atoms with Gasteiger partial charge in [-0.15, -0.1) is 0 Å². The lowest BCUT2D eigenvalue weighted by atomic mass is 9.96. The molecule has 1 heterocycles. The fraction of sp³-hybridized carbons (Fsp3) is 0.333. The van der Waals surface area contributed by atoms with Gasteiger partial charge >= 0.3 is 6.03 Å². The van der Waals surface area contributed by atoms with Crippen LogP contribution in [-0.2, 0) is 4.79 Å². The van der Waals surface area contributed by atoms with Crippen molar-refractivity contribution in [2.24, 2.45) is 5.73 Å². The summed E-state index contributed by atoms with van der Waals surface area (Å²) >= 11 is 0. The zero-order valence-corrected chi connectivity index (χ0v) is 15.5. The third-order valence-electron chi connectivity index (χ3n) is 4.95. The Morgan fingerprint density at radius 1 is 0.889 bits per heavy atom. The van der Waals surface area contributed by atoms with E-state index in [1.807, 2.05) is 12.1 Å². The van der Waals surface area contributed by atoms with Crippen molar-refractivity contribution in [3.63, 3.8) is 0 Å². The number of nitrogens with two attached hydrogens (primary N) is 1. The summed E-state index contributed by atoms with van der Waals surface area (Å²) in [5.74, 6) is -0.0931. The van der Waals surface area contributed by atoms with Gasteiger partial charge in [0.15, 0.2) is 0 Å². The Bertz CT molecular complexity index is 719. The summed E-state index contributed by atoms with van der Waals surface area (Å²) in [6, 6.07) is 19.7. The van der Waals surface area contributed by atoms with Crippen LogP contribution in [-0.4, -0.2) is 54.0 Å². The van der Waals surface area contributed by atoms with Crippen molar-refractivity contribution < 1.29 is 9.59 Å². The Hall–Kier alpha value is -2.86. The molecular formula is C21H26N4O2. The number of rotatable bonds is 5. The van der Waals surface area contributed by atoms with Crippen molar-refractivity contribution in [2.75, 3.05) is 26.2 Å². The summed E-state index contributed by atoms with van der Waals surface area (Å²) in [7, 11) is 0. The normalized spacial score (nSPS) is 16.1. The zero-order chi connectivity index (χ0) is 19.2. The molecule has 0 radical (unpaired) electrons. The van der Waals surface area contributed by atoms with E-state index in [-0.39, 0.29) is 11.9 Å². The summed E-state index contributed by atoms with van der Waals surface area (Å²) in [5.41, 5.74) is 7.61. The van der Waals surface area contributed by atoms with E-state index in [4.69, 9.17) is 5.73 Å². The third-order valence-corrected chi connectivity index (χ3v) is 4.95. The Morgan fingerprint density at radius 3 is 1.81 bits per heavy atom. The molecule has 3 amide bonds. The van der Waals surface area contributed by atoms with E-state index in [0.29, 0.717) is 13.1 Å². The lowest BCUT2D eigenvalue weighted by Crippen LogP contribution is -2.55. The number of benzene rings is 2. The second-order valence-electron chi connectivity index (χ2n) is 6.82. The maximum atomic E-state index is 12.5. The third kappa shape index (κ3) is 4.65. The Labute approximate surface area is 159 Å². The number of nitrogens with one attached hydrogen (secondary N) is 1. The molecule has 1 aliphatic rings.